The van der Waals surface area contributed by atoms with Gasteiger partial charge in [0.15, 0.2) is 0 Å². The van der Waals surface area contributed by atoms with Crippen molar-refractivity contribution in [3.63, 3.8) is 0 Å². The Morgan fingerprint density at radius 2 is 1.95 bits per heavy atom. The van der Waals surface area contributed by atoms with Crippen LogP contribution in [0, 0.1) is 5.82 Å². The SMILES string of the molecule is CCCNCCNS(=O)(=O)c1ccc(F)cc1Br.Cl. The molecule has 0 fully saturated rings. The first-order valence-electron chi connectivity index (χ1n) is 5.63. The molecule has 0 radical (unpaired) electrons. The Hall–Kier alpha value is -0.210. The first-order chi connectivity index (χ1) is 8.47. The molecule has 0 aliphatic heterocycles. The van der Waals surface area contributed by atoms with Gasteiger partial charge in [0.2, 0.25) is 10.0 Å². The molecule has 0 saturated carbocycles. The van der Waals surface area contributed by atoms with Crippen molar-refractivity contribution in [1.82, 2.24) is 10.0 Å². The average Bonchev–Trinajstić information content (AvgIpc) is 2.28. The van der Waals surface area contributed by atoms with Crippen molar-refractivity contribution in [1.29, 1.82) is 0 Å². The highest BCUT2D eigenvalue weighted by Gasteiger charge is 2.17. The normalized spacial score (nSPS) is 11.1. The van der Waals surface area contributed by atoms with Crippen LogP contribution in [0.1, 0.15) is 13.3 Å². The van der Waals surface area contributed by atoms with E-state index in [9.17, 15) is 12.8 Å². The van der Waals surface area contributed by atoms with Crippen LogP contribution in [0.15, 0.2) is 27.6 Å². The van der Waals surface area contributed by atoms with Crippen molar-refractivity contribution in [2.24, 2.45) is 0 Å². The minimum atomic E-state index is -3.60. The molecule has 0 heterocycles. The smallest absolute Gasteiger partial charge is 0.241 e. The summed E-state index contributed by atoms with van der Waals surface area (Å²) in [5.41, 5.74) is 0. The van der Waals surface area contributed by atoms with Crippen LogP contribution in [-0.4, -0.2) is 28.1 Å². The van der Waals surface area contributed by atoms with Crippen molar-refractivity contribution in [3.8, 4) is 0 Å². The van der Waals surface area contributed by atoms with Crippen molar-refractivity contribution in [2.45, 2.75) is 18.2 Å². The molecule has 1 rings (SSSR count). The van der Waals surface area contributed by atoms with E-state index in [2.05, 4.69) is 26.0 Å². The molecule has 0 unspecified atom stereocenters. The standard InChI is InChI=1S/C11H16BrFN2O2S.ClH/c1-2-5-14-6-7-15-18(16,17)11-4-3-9(13)8-10(11)12;/h3-4,8,14-15H,2,5-7H2,1H3;1H. The van der Waals surface area contributed by atoms with Crippen LogP contribution in [0.3, 0.4) is 0 Å². The first kappa shape index (κ1) is 18.8. The van der Waals surface area contributed by atoms with Gasteiger partial charge in [0.25, 0.3) is 0 Å². The fourth-order valence-electron chi connectivity index (χ4n) is 1.35. The van der Waals surface area contributed by atoms with E-state index in [4.69, 9.17) is 0 Å². The highest BCUT2D eigenvalue weighted by molar-refractivity contribution is 9.10. The third-order valence-electron chi connectivity index (χ3n) is 2.20. The number of halogens is 3. The summed E-state index contributed by atoms with van der Waals surface area (Å²) in [7, 11) is -3.60. The summed E-state index contributed by atoms with van der Waals surface area (Å²) < 4.78 is 39.4. The Labute approximate surface area is 127 Å². The van der Waals surface area contributed by atoms with Gasteiger partial charge in [0, 0.05) is 17.6 Å². The first-order valence-corrected chi connectivity index (χ1v) is 7.90. The van der Waals surface area contributed by atoms with Crippen molar-refractivity contribution in [3.05, 3.63) is 28.5 Å². The molecular weight excluding hydrogens is 359 g/mol. The maximum atomic E-state index is 12.9. The third kappa shape index (κ3) is 6.18. The molecule has 0 bridgehead atoms. The minimum Gasteiger partial charge on any atom is -0.315 e. The Balaban J connectivity index is 0.00000324. The highest BCUT2D eigenvalue weighted by Crippen LogP contribution is 2.22. The number of rotatable bonds is 7. The zero-order valence-corrected chi connectivity index (χ0v) is 13.7. The molecule has 1 aromatic rings. The van der Waals surface area contributed by atoms with E-state index in [0.717, 1.165) is 25.1 Å². The Morgan fingerprint density at radius 1 is 1.26 bits per heavy atom. The van der Waals surface area contributed by atoms with Gasteiger partial charge in [0.05, 0.1) is 4.90 Å². The van der Waals surface area contributed by atoms with Crippen LogP contribution in [0.2, 0.25) is 0 Å². The third-order valence-corrected chi connectivity index (χ3v) is 4.64. The lowest BCUT2D eigenvalue weighted by Crippen LogP contribution is -2.32. The van der Waals surface area contributed by atoms with Gasteiger partial charge in [-0.2, -0.15) is 0 Å². The number of hydrogen-bond donors (Lipinski definition) is 2. The zero-order chi connectivity index (χ0) is 13.6. The maximum Gasteiger partial charge on any atom is 0.241 e. The quantitative estimate of drug-likeness (QED) is 0.719. The summed E-state index contributed by atoms with van der Waals surface area (Å²) in [6, 6.07) is 3.49. The fraction of sp³-hybridized carbons (Fsp3) is 0.455. The molecule has 2 N–H and O–H groups in total. The number of sulfonamides is 1. The molecular formula is C11H17BrClFN2O2S. The lowest BCUT2D eigenvalue weighted by molar-refractivity contribution is 0.574. The van der Waals surface area contributed by atoms with Gasteiger partial charge in [-0.25, -0.2) is 17.5 Å². The topological polar surface area (TPSA) is 58.2 Å². The van der Waals surface area contributed by atoms with Gasteiger partial charge in [-0.15, -0.1) is 12.4 Å². The highest BCUT2D eigenvalue weighted by atomic mass is 79.9. The van der Waals surface area contributed by atoms with Gasteiger partial charge >= 0.3 is 0 Å². The van der Waals surface area contributed by atoms with E-state index in [1.54, 1.807) is 0 Å². The molecule has 0 aromatic heterocycles. The van der Waals surface area contributed by atoms with E-state index in [1.807, 2.05) is 6.92 Å². The molecule has 0 spiro atoms. The van der Waals surface area contributed by atoms with Crippen LogP contribution in [-0.2, 0) is 10.0 Å². The monoisotopic (exact) mass is 374 g/mol. The molecule has 8 heteroatoms. The second-order valence-electron chi connectivity index (χ2n) is 3.72. The molecule has 0 atom stereocenters. The maximum absolute atomic E-state index is 12.9. The van der Waals surface area contributed by atoms with Crippen molar-refractivity contribution < 1.29 is 12.8 Å². The molecule has 110 valence electrons. The summed E-state index contributed by atoms with van der Waals surface area (Å²) >= 11 is 3.04. The molecule has 4 nitrogen and oxygen atoms in total. The van der Waals surface area contributed by atoms with E-state index in [1.165, 1.54) is 6.07 Å². The van der Waals surface area contributed by atoms with Crippen LogP contribution >= 0.6 is 28.3 Å². The minimum absolute atomic E-state index is 0. The number of hydrogen-bond acceptors (Lipinski definition) is 3. The average molecular weight is 376 g/mol. The molecule has 0 aliphatic rings. The summed E-state index contributed by atoms with van der Waals surface area (Å²) in [6.45, 7) is 3.74. The summed E-state index contributed by atoms with van der Waals surface area (Å²) in [5, 5.41) is 3.08. The molecule has 0 saturated heterocycles. The van der Waals surface area contributed by atoms with E-state index in [0.29, 0.717) is 13.1 Å². The number of nitrogens with one attached hydrogen (secondary N) is 2. The summed E-state index contributed by atoms with van der Waals surface area (Å²) in [4.78, 5) is 0.0411. The summed E-state index contributed by atoms with van der Waals surface area (Å²) in [5.74, 6) is -0.481. The zero-order valence-electron chi connectivity index (χ0n) is 10.4. The Bertz CT molecular complexity index is 499. The Kier molecular flexibility index (Phi) is 8.76. The number of benzene rings is 1. The van der Waals surface area contributed by atoms with E-state index >= 15 is 0 Å². The van der Waals surface area contributed by atoms with Crippen LogP contribution in [0.5, 0.6) is 0 Å². The largest absolute Gasteiger partial charge is 0.315 e. The van der Waals surface area contributed by atoms with E-state index in [-0.39, 0.29) is 21.8 Å². The Morgan fingerprint density at radius 3 is 2.53 bits per heavy atom. The van der Waals surface area contributed by atoms with Gasteiger partial charge in [-0.3, -0.25) is 0 Å². The second kappa shape index (κ2) is 8.86. The van der Waals surface area contributed by atoms with Crippen LogP contribution in [0.4, 0.5) is 4.39 Å². The van der Waals surface area contributed by atoms with Crippen LogP contribution < -0.4 is 10.0 Å². The predicted octanol–water partition coefficient (Wildman–Crippen LogP) is 2.29. The lowest BCUT2D eigenvalue weighted by Gasteiger charge is -2.09. The molecule has 0 amide bonds. The molecule has 19 heavy (non-hydrogen) atoms. The van der Waals surface area contributed by atoms with Gasteiger partial charge in [-0.1, -0.05) is 6.92 Å². The second-order valence-corrected chi connectivity index (χ2v) is 6.31. The predicted molar refractivity (Wildman–Crippen MR) is 79.7 cm³/mol. The van der Waals surface area contributed by atoms with E-state index < -0.39 is 15.8 Å². The van der Waals surface area contributed by atoms with Gasteiger partial charge in [0.1, 0.15) is 5.82 Å². The van der Waals surface area contributed by atoms with Crippen molar-refractivity contribution in [2.75, 3.05) is 19.6 Å². The molecule has 0 aliphatic carbocycles. The van der Waals surface area contributed by atoms with Gasteiger partial charge in [-0.05, 0) is 47.1 Å². The van der Waals surface area contributed by atoms with Crippen LogP contribution in [0.25, 0.3) is 0 Å². The summed E-state index contributed by atoms with van der Waals surface area (Å²) in [6.07, 6.45) is 0.996. The lowest BCUT2D eigenvalue weighted by atomic mass is 10.3. The fourth-order valence-corrected chi connectivity index (χ4v) is 3.43. The van der Waals surface area contributed by atoms with Gasteiger partial charge < -0.3 is 5.32 Å². The van der Waals surface area contributed by atoms with Crippen molar-refractivity contribution >= 4 is 38.4 Å². The molecule has 1 aromatic carbocycles.